The maximum Gasteiger partial charge on any atom is 0.416 e. The van der Waals surface area contributed by atoms with Gasteiger partial charge in [-0.25, -0.2) is 0 Å². The molecule has 0 spiro atoms. The number of allylic oxidation sites excluding steroid dienone is 1. The molecule has 0 bridgehead atoms. The lowest BCUT2D eigenvalue weighted by Crippen LogP contribution is -2.06. The molecule has 154 valence electrons. The van der Waals surface area contributed by atoms with Crippen LogP contribution in [-0.2, 0) is 12.6 Å². The molecule has 0 radical (unpaired) electrons. The molecule has 0 fully saturated rings. The number of nitrogens with zero attached hydrogens (tertiary/aromatic N) is 2. The lowest BCUT2D eigenvalue weighted by atomic mass is 10.1. The zero-order valence-corrected chi connectivity index (χ0v) is 15.4. The van der Waals surface area contributed by atoms with Crippen LogP contribution in [0.1, 0.15) is 23.6 Å². The normalized spacial score (nSPS) is 11.4. The Morgan fingerprint density at radius 2 is 2.07 bits per heavy atom. The molecular formula is C19H18F3N3O4. The number of ether oxygens (including phenoxy) is 1. The van der Waals surface area contributed by atoms with Gasteiger partial charge in [0.25, 0.3) is 5.69 Å². The number of hydrogen-bond acceptors (Lipinski definition) is 6. The van der Waals surface area contributed by atoms with Crippen molar-refractivity contribution in [2.75, 3.05) is 12.0 Å². The molecule has 0 heterocycles. The van der Waals surface area contributed by atoms with E-state index in [2.05, 4.69) is 17.1 Å². The van der Waals surface area contributed by atoms with E-state index in [0.29, 0.717) is 30.2 Å². The SMILES string of the molecule is C=CCc1cc(/C=N\Nc2ccc(C(F)(F)F)cc2[N+](=O)[O-])cc(OCC)c1O. The lowest BCUT2D eigenvalue weighted by molar-refractivity contribution is -0.384. The van der Waals surface area contributed by atoms with Crippen LogP contribution in [0.25, 0.3) is 0 Å². The maximum absolute atomic E-state index is 12.8. The summed E-state index contributed by atoms with van der Waals surface area (Å²) in [6.07, 6.45) is -1.44. The minimum atomic E-state index is -4.70. The van der Waals surface area contributed by atoms with Crippen molar-refractivity contribution in [3.8, 4) is 11.5 Å². The first-order valence-electron chi connectivity index (χ1n) is 8.41. The van der Waals surface area contributed by atoms with Crippen molar-refractivity contribution >= 4 is 17.6 Å². The first-order valence-corrected chi connectivity index (χ1v) is 8.41. The molecule has 0 saturated carbocycles. The van der Waals surface area contributed by atoms with Gasteiger partial charge in [-0.1, -0.05) is 6.08 Å². The van der Waals surface area contributed by atoms with Crippen LogP contribution in [0.2, 0.25) is 0 Å². The quantitative estimate of drug-likeness (QED) is 0.280. The van der Waals surface area contributed by atoms with Gasteiger partial charge in [0.05, 0.1) is 23.3 Å². The number of alkyl halides is 3. The summed E-state index contributed by atoms with van der Waals surface area (Å²) in [4.78, 5) is 10.2. The molecule has 29 heavy (non-hydrogen) atoms. The van der Waals surface area contributed by atoms with Gasteiger partial charge < -0.3 is 9.84 Å². The Hall–Kier alpha value is -3.56. The zero-order valence-electron chi connectivity index (χ0n) is 15.4. The summed E-state index contributed by atoms with van der Waals surface area (Å²) in [5.74, 6) is 0.198. The van der Waals surface area contributed by atoms with Crippen molar-refractivity contribution in [3.63, 3.8) is 0 Å². The van der Waals surface area contributed by atoms with Crippen LogP contribution >= 0.6 is 0 Å². The van der Waals surface area contributed by atoms with Gasteiger partial charge in [0.2, 0.25) is 0 Å². The van der Waals surface area contributed by atoms with Gasteiger partial charge in [-0.15, -0.1) is 6.58 Å². The predicted molar refractivity (Wildman–Crippen MR) is 102 cm³/mol. The predicted octanol–water partition coefficient (Wildman–Crippen LogP) is 4.89. The number of halogens is 3. The summed E-state index contributed by atoms with van der Waals surface area (Å²) in [7, 11) is 0. The smallest absolute Gasteiger partial charge is 0.416 e. The third kappa shape index (κ3) is 5.47. The number of phenols is 1. The molecule has 0 aliphatic rings. The van der Waals surface area contributed by atoms with E-state index in [0.717, 1.165) is 12.1 Å². The fraction of sp³-hybridized carbons (Fsp3) is 0.211. The van der Waals surface area contributed by atoms with Crippen molar-refractivity contribution in [1.82, 2.24) is 0 Å². The van der Waals surface area contributed by atoms with Crippen LogP contribution in [0.3, 0.4) is 0 Å². The summed E-state index contributed by atoms with van der Waals surface area (Å²) in [6, 6.07) is 5.22. The van der Waals surface area contributed by atoms with Crippen LogP contribution in [0, 0.1) is 10.1 Å². The Morgan fingerprint density at radius 1 is 1.34 bits per heavy atom. The molecule has 2 N–H and O–H groups in total. The molecule has 2 aromatic carbocycles. The fourth-order valence-corrected chi connectivity index (χ4v) is 2.47. The zero-order chi connectivity index (χ0) is 21.6. The molecule has 0 aromatic heterocycles. The van der Waals surface area contributed by atoms with Crippen molar-refractivity contribution in [2.45, 2.75) is 19.5 Å². The van der Waals surface area contributed by atoms with E-state index in [-0.39, 0.29) is 17.2 Å². The van der Waals surface area contributed by atoms with Gasteiger partial charge in [0.15, 0.2) is 11.5 Å². The minimum absolute atomic E-state index is 0.0322. The lowest BCUT2D eigenvalue weighted by Gasteiger charge is -2.11. The van der Waals surface area contributed by atoms with E-state index in [9.17, 15) is 28.4 Å². The third-order valence-corrected chi connectivity index (χ3v) is 3.76. The number of nitro groups is 1. The number of nitro benzene ring substituents is 1. The molecule has 0 amide bonds. The van der Waals surface area contributed by atoms with E-state index in [4.69, 9.17) is 4.74 Å². The highest BCUT2D eigenvalue weighted by Crippen LogP contribution is 2.35. The summed E-state index contributed by atoms with van der Waals surface area (Å²) in [5.41, 5.74) is 1.33. The first-order chi connectivity index (χ1) is 13.7. The van der Waals surface area contributed by atoms with Crippen LogP contribution in [0.5, 0.6) is 11.5 Å². The number of anilines is 1. The van der Waals surface area contributed by atoms with Crippen molar-refractivity contribution in [2.24, 2.45) is 5.10 Å². The molecule has 0 unspecified atom stereocenters. The fourth-order valence-electron chi connectivity index (χ4n) is 2.47. The first kappa shape index (κ1) is 21.7. The van der Waals surface area contributed by atoms with Crippen LogP contribution in [-0.4, -0.2) is 22.9 Å². The molecule has 10 heteroatoms. The topological polar surface area (TPSA) is 97.0 Å². The summed E-state index contributed by atoms with van der Waals surface area (Å²) in [5, 5.41) is 25.1. The molecule has 2 aromatic rings. The van der Waals surface area contributed by atoms with E-state index in [1.807, 2.05) is 0 Å². The standard InChI is InChI=1S/C19H18F3N3O4/c1-3-5-13-8-12(9-17(18(13)26)29-4-2)11-23-24-15-7-6-14(19(20,21)22)10-16(15)25(27)28/h3,6-11,24,26H,1,4-5H2,2H3/b23-11-. The minimum Gasteiger partial charge on any atom is -0.504 e. The Bertz CT molecular complexity index is 943. The second-order valence-electron chi connectivity index (χ2n) is 5.81. The van der Waals surface area contributed by atoms with Crippen molar-refractivity contribution in [3.05, 3.63) is 69.8 Å². The van der Waals surface area contributed by atoms with E-state index in [1.165, 1.54) is 12.3 Å². The Labute approximate surface area is 164 Å². The monoisotopic (exact) mass is 409 g/mol. The number of hydrogen-bond donors (Lipinski definition) is 2. The molecule has 0 saturated heterocycles. The summed E-state index contributed by atoms with van der Waals surface area (Å²) in [6.45, 7) is 5.68. The highest BCUT2D eigenvalue weighted by atomic mass is 19.4. The number of hydrazone groups is 1. The van der Waals surface area contributed by atoms with Gasteiger partial charge >= 0.3 is 6.18 Å². The average molecular weight is 409 g/mol. The van der Waals surface area contributed by atoms with Crippen LogP contribution in [0.4, 0.5) is 24.5 Å². The van der Waals surface area contributed by atoms with Crippen molar-refractivity contribution in [1.29, 1.82) is 0 Å². The van der Waals surface area contributed by atoms with Crippen LogP contribution < -0.4 is 10.2 Å². The molecule has 0 aliphatic carbocycles. The molecule has 7 nitrogen and oxygen atoms in total. The maximum atomic E-state index is 12.8. The number of phenolic OH excluding ortho intramolecular Hbond substituents is 1. The van der Waals surface area contributed by atoms with Gasteiger partial charge in [-0.3, -0.25) is 15.5 Å². The summed E-state index contributed by atoms with van der Waals surface area (Å²) >= 11 is 0. The second kappa shape index (κ2) is 9.09. The van der Waals surface area contributed by atoms with Gasteiger partial charge in [-0.05, 0) is 43.2 Å². The summed E-state index contributed by atoms with van der Waals surface area (Å²) < 4.78 is 43.6. The van der Waals surface area contributed by atoms with Gasteiger partial charge in [0.1, 0.15) is 5.69 Å². The number of aromatic hydroxyl groups is 1. The highest BCUT2D eigenvalue weighted by Gasteiger charge is 2.33. The largest absolute Gasteiger partial charge is 0.504 e. The van der Waals surface area contributed by atoms with Crippen molar-refractivity contribution < 1.29 is 27.9 Å². The van der Waals surface area contributed by atoms with Crippen LogP contribution in [0.15, 0.2) is 48.1 Å². The van der Waals surface area contributed by atoms with E-state index < -0.39 is 22.4 Å². The van der Waals surface area contributed by atoms with E-state index in [1.54, 1.807) is 19.1 Å². The molecule has 2 rings (SSSR count). The molecule has 0 atom stereocenters. The number of nitrogens with one attached hydrogen (secondary N) is 1. The third-order valence-electron chi connectivity index (χ3n) is 3.76. The van der Waals surface area contributed by atoms with Gasteiger partial charge in [0, 0.05) is 11.6 Å². The van der Waals surface area contributed by atoms with Gasteiger partial charge in [-0.2, -0.15) is 18.3 Å². The Kier molecular flexibility index (Phi) is 6.81. The number of rotatable bonds is 8. The highest BCUT2D eigenvalue weighted by molar-refractivity contribution is 5.82. The number of benzene rings is 2. The Balaban J connectivity index is 2.31. The Morgan fingerprint density at radius 3 is 2.66 bits per heavy atom. The molecule has 0 aliphatic heterocycles. The second-order valence-corrected chi connectivity index (χ2v) is 5.81. The van der Waals surface area contributed by atoms with E-state index >= 15 is 0 Å². The molecular weight excluding hydrogens is 391 g/mol. The average Bonchev–Trinajstić information content (AvgIpc) is 2.65.